The number of nitriles is 1. The van der Waals surface area contributed by atoms with E-state index in [1.807, 2.05) is 12.1 Å². The van der Waals surface area contributed by atoms with E-state index in [4.69, 9.17) is 4.74 Å². The molecule has 24 rings (SSSR count). The summed E-state index contributed by atoms with van der Waals surface area (Å²) in [6, 6.07) is 138. The van der Waals surface area contributed by atoms with E-state index in [1.54, 1.807) is 0 Å². The number of aromatic nitrogens is 5. The van der Waals surface area contributed by atoms with Crippen LogP contribution >= 0.6 is 0 Å². The smallest absolute Gasteiger partial charge is 0.256 e. The molecule has 0 saturated heterocycles. The molecule has 8 heteroatoms. The van der Waals surface area contributed by atoms with Crippen LogP contribution in [0.4, 0.5) is 0 Å². The highest BCUT2D eigenvalue weighted by atomic mass is 16.5. The molecule has 111 heavy (non-hydrogen) atoms. The van der Waals surface area contributed by atoms with Gasteiger partial charge < -0.3 is 27.6 Å². The molecule has 2 aliphatic heterocycles. The molecule has 2 aliphatic rings. The van der Waals surface area contributed by atoms with Crippen LogP contribution in [0.1, 0.15) is 5.56 Å². The normalized spacial score (nSPS) is 12.4. The monoisotopic (exact) mass is 1410 g/mol. The number of benzene rings is 17. The number of hydrogen-bond donors (Lipinski definition) is 0. The molecule has 5 aromatic heterocycles. The largest absolute Gasteiger partial charge is 0.458 e. The van der Waals surface area contributed by atoms with Crippen molar-refractivity contribution in [2.24, 2.45) is 0 Å². The molecular weight excluding hydrogens is 1350 g/mol. The van der Waals surface area contributed by atoms with Crippen molar-refractivity contribution in [2.45, 2.75) is 0 Å². The van der Waals surface area contributed by atoms with Gasteiger partial charge in [0.2, 0.25) is 0 Å². The van der Waals surface area contributed by atoms with Gasteiger partial charge in [-0.3, -0.25) is 0 Å². The molecule has 0 radical (unpaired) electrons. The summed E-state index contributed by atoms with van der Waals surface area (Å²) in [5, 5.41) is 22.1. The first kappa shape index (κ1) is 61.3. The zero-order chi connectivity index (χ0) is 72.7. The summed E-state index contributed by atoms with van der Waals surface area (Å²) in [6.07, 6.45) is 0. The molecule has 0 atom stereocenters. The van der Waals surface area contributed by atoms with E-state index >= 15 is 0 Å². The maximum absolute atomic E-state index is 10.2. The van der Waals surface area contributed by atoms with Crippen LogP contribution in [-0.2, 0) is 0 Å². The second-order valence-corrected chi connectivity index (χ2v) is 29.7. The Balaban J connectivity index is 0.814. The molecule has 22 aromatic rings. The molecule has 0 unspecified atom stereocenters. The first-order chi connectivity index (χ1) is 55.0. The Kier molecular flexibility index (Phi) is 13.0. The number of rotatable bonds is 9. The van der Waals surface area contributed by atoms with Crippen molar-refractivity contribution in [2.75, 3.05) is 0 Å². The van der Waals surface area contributed by atoms with Crippen LogP contribution in [0.2, 0.25) is 0 Å². The lowest BCUT2D eigenvalue weighted by molar-refractivity contribution is 0.489. The average Bonchev–Trinajstić information content (AvgIpc) is 1.55. The Bertz CT molecular complexity index is 7710. The van der Waals surface area contributed by atoms with Gasteiger partial charge in [0.15, 0.2) is 0 Å². The molecule has 512 valence electrons. The van der Waals surface area contributed by atoms with Crippen LogP contribution in [0.3, 0.4) is 0 Å². The van der Waals surface area contributed by atoms with Crippen LogP contribution in [0.15, 0.2) is 370 Å². The van der Waals surface area contributed by atoms with Crippen molar-refractivity contribution in [3.63, 3.8) is 0 Å². The molecule has 0 spiro atoms. The summed E-state index contributed by atoms with van der Waals surface area (Å²) in [4.78, 5) is 0. The van der Waals surface area contributed by atoms with Gasteiger partial charge >= 0.3 is 0 Å². The molecule has 0 bridgehead atoms. The summed E-state index contributed by atoms with van der Waals surface area (Å²) in [7, 11) is 0. The fourth-order valence-electron chi connectivity index (χ4n) is 19.2. The zero-order valence-electron chi connectivity index (χ0n) is 59.9. The SMILES string of the molecule is N#Cc1ccc(-c2cc3c4c(c2)-n2c5ccc(-n6c7ccccc7c7cc(-n8c9ccccc9c9ccccc98)ccc76)cc5c5cc(-n6c7ccccc7c7cc(-n8c9ccccc9c9ccccc98)ccc76)cc(c52)B4c2cc(-c4ccccc4-c4ccccc4)cc(-c4ccccc4-c4ccccc4)c2O3)cc1. The Morgan fingerprint density at radius 2 is 0.622 bits per heavy atom. The minimum atomic E-state index is -0.366. The van der Waals surface area contributed by atoms with Crippen molar-refractivity contribution >= 4 is 132 Å². The second-order valence-electron chi connectivity index (χ2n) is 29.7. The number of ether oxygens (including phenoxy) is 1. The molecule has 0 amide bonds. The third kappa shape index (κ3) is 8.91. The lowest BCUT2D eigenvalue weighted by Gasteiger charge is -2.35. The topological polar surface area (TPSA) is 57.7 Å². The summed E-state index contributed by atoms with van der Waals surface area (Å²) >= 11 is 0. The van der Waals surface area contributed by atoms with Crippen LogP contribution in [0.25, 0.3) is 193 Å². The Morgan fingerprint density at radius 3 is 1.10 bits per heavy atom. The van der Waals surface area contributed by atoms with E-state index < -0.39 is 0 Å². The minimum Gasteiger partial charge on any atom is -0.458 e. The molecule has 7 heterocycles. The second kappa shape index (κ2) is 23.5. The minimum absolute atomic E-state index is 0.366. The van der Waals surface area contributed by atoms with Crippen molar-refractivity contribution in [3.8, 4) is 102 Å². The van der Waals surface area contributed by atoms with Crippen LogP contribution in [0.5, 0.6) is 11.5 Å². The van der Waals surface area contributed by atoms with Crippen molar-refractivity contribution in [1.29, 1.82) is 5.26 Å². The quantitative estimate of drug-likeness (QED) is 0.135. The summed E-state index contributed by atoms with van der Waals surface area (Å²) < 4.78 is 20.4. The van der Waals surface area contributed by atoms with E-state index in [-0.39, 0.29) is 6.71 Å². The van der Waals surface area contributed by atoms with Crippen LogP contribution in [-0.4, -0.2) is 29.5 Å². The maximum Gasteiger partial charge on any atom is 0.256 e. The summed E-state index contributed by atoms with van der Waals surface area (Å²) in [5.74, 6) is 1.59. The molecule has 0 fully saturated rings. The van der Waals surface area contributed by atoms with Crippen molar-refractivity contribution in [1.82, 2.24) is 22.8 Å². The maximum atomic E-state index is 10.2. The fourth-order valence-corrected chi connectivity index (χ4v) is 19.2. The molecule has 17 aromatic carbocycles. The Labute approximate surface area is 638 Å². The lowest BCUT2D eigenvalue weighted by atomic mass is 9.34. The zero-order valence-corrected chi connectivity index (χ0v) is 59.9. The van der Waals surface area contributed by atoms with E-state index in [1.165, 1.54) is 70.6 Å². The van der Waals surface area contributed by atoms with Gasteiger partial charge in [-0.15, -0.1) is 0 Å². The Hall–Kier alpha value is -14.9. The number of hydrogen-bond acceptors (Lipinski definition) is 2. The van der Waals surface area contributed by atoms with Crippen molar-refractivity contribution < 1.29 is 4.74 Å². The van der Waals surface area contributed by atoms with Gasteiger partial charge in [0.05, 0.1) is 61.3 Å². The van der Waals surface area contributed by atoms with Gasteiger partial charge in [-0.25, -0.2) is 0 Å². The highest BCUT2D eigenvalue weighted by Gasteiger charge is 2.43. The summed E-state index contributed by atoms with van der Waals surface area (Å²) in [5.41, 5.74) is 31.5. The third-order valence-corrected chi connectivity index (χ3v) is 23.9. The van der Waals surface area contributed by atoms with Gasteiger partial charge in [0.25, 0.3) is 6.71 Å². The third-order valence-electron chi connectivity index (χ3n) is 23.9. The van der Waals surface area contributed by atoms with E-state index in [9.17, 15) is 5.26 Å². The molecule has 0 aliphatic carbocycles. The average molecular weight is 1410 g/mol. The predicted octanol–water partition coefficient (Wildman–Crippen LogP) is 24.3. The molecule has 7 nitrogen and oxygen atoms in total. The van der Waals surface area contributed by atoms with Gasteiger partial charge in [-0.2, -0.15) is 5.26 Å². The van der Waals surface area contributed by atoms with Gasteiger partial charge in [0.1, 0.15) is 11.5 Å². The molecular formula is C103H61BN6O. The van der Waals surface area contributed by atoms with E-state index in [0.717, 1.165) is 150 Å². The van der Waals surface area contributed by atoms with Crippen LogP contribution < -0.4 is 21.1 Å². The number of nitrogens with zero attached hydrogens (tertiary/aromatic N) is 6. The Morgan fingerprint density at radius 1 is 0.243 bits per heavy atom. The molecule has 0 saturated carbocycles. The van der Waals surface area contributed by atoms with E-state index in [2.05, 4.69) is 387 Å². The molecule has 0 N–H and O–H groups in total. The van der Waals surface area contributed by atoms with E-state index in [0.29, 0.717) is 5.56 Å². The highest BCUT2D eigenvalue weighted by Crippen LogP contribution is 2.49. The van der Waals surface area contributed by atoms with Crippen LogP contribution in [0, 0.1) is 11.3 Å². The van der Waals surface area contributed by atoms with Gasteiger partial charge in [0, 0.05) is 93.4 Å². The first-order valence-electron chi connectivity index (χ1n) is 38.0. The van der Waals surface area contributed by atoms with Gasteiger partial charge in [-0.05, 0) is 200 Å². The first-order valence-corrected chi connectivity index (χ1v) is 38.0. The standard InChI is InChI=1S/C103H61BN6O/c105-62-63-43-45-64(46-44-63)67-55-99-101-100(56-67)111-103-87(76-30-10-9-28-74(76)66-25-5-2-6-26-66)53-68(75-29-8-7-27-73(75)65-23-3-1-4-24-65)54-89(103)104(101)88-61-72(109-95-42-22-16-36-82(95)84-58-70(48-51-97(84)109)107-92-39-19-13-33-79(92)80-34-14-20-40-93(80)107)60-86-85-59-71(49-52-98(85)110(99)102(86)88)108-94-41-21-15-35-81(94)83-57-69(47-50-96(83)108)106-90-37-17-11-31-77(90)78-32-12-18-38-91(78)106/h1-61H. The summed E-state index contributed by atoms with van der Waals surface area (Å²) in [6.45, 7) is -0.366. The lowest BCUT2D eigenvalue weighted by Crippen LogP contribution is -2.58. The van der Waals surface area contributed by atoms with Gasteiger partial charge in [-0.1, -0.05) is 237 Å². The predicted molar refractivity (Wildman–Crippen MR) is 461 cm³/mol. The number of para-hydroxylation sites is 6. The highest BCUT2D eigenvalue weighted by molar-refractivity contribution is 6.99. The fraction of sp³-hybridized carbons (Fsp3) is 0. The number of fused-ring (bicyclic) bond motifs is 19. The van der Waals surface area contributed by atoms with Crippen molar-refractivity contribution in [3.05, 3.63) is 376 Å².